The highest BCUT2D eigenvalue weighted by atomic mass is 16.6. The van der Waals surface area contributed by atoms with E-state index in [9.17, 15) is 4.79 Å². The zero-order valence-corrected chi connectivity index (χ0v) is 8.68. The molecule has 0 aromatic heterocycles. The molecule has 0 saturated heterocycles. The maximum absolute atomic E-state index is 11.3. The maximum Gasteiger partial charge on any atom is 0.365 e. The number of esters is 1. The summed E-state index contributed by atoms with van der Waals surface area (Å²) in [5.74, 6) is 0.0253. The molecule has 0 radical (unpaired) electrons. The Kier molecular flexibility index (Phi) is 3.71. The molecule has 3 N–H and O–H groups in total. The molecule has 0 spiro atoms. The highest BCUT2D eigenvalue weighted by Gasteiger charge is 2.26. The van der Waals surface area contributed by atoms with E-state index in [1.807, 2.05) is 34.6 Å². The molecule has 3 nitrogen and oxygen atoms in total. The van der Waals surface area contributed by atoms with Crippen LogP contribution in [0.2, 0.25) is 0 Å². The van der Waals surface area contributed by atoms with E-state index >= 15 is 0 Å². The van der Waals surface area contributed by atoms with E-state index in [0.29, 0.717) is 0 Å². The van der Waals surface area contributed by atoms with Crippen molar-refractivity contribution in [2.45, 2.75) is 46.3 Å². The van der Waals surface area contributed by atoms with Crippen molar-refractivity contribution >= 4 is 5.97 Å². The quantitative estimate of drug-likeness (QED) is 0.623. The second-order valence-electron chi connectivity index (χ2n) is 4.38. The summed E-state index contributed by atoms with van der Waals surface area (Å²) >= 11 is 0. The van der Waals surface area contributed by atoms with Crippen LogP contribution in [0.25, 0.3) is 0 Å². The van der Waals surface area contributed by atoms with Gasteiger partial charge in [-0.3, -0.25) is 0 Å². The van der Waals surface area contributed by atoms with E-state index in [1.165, 1.54) is 0 Å². The summed E-state index contributed by atoms with van der Waals surface area (Å²) in [7, 11) is 0. The minimum absolute atomic E-state index is 0.211. The van der Waals surface area contributed by atoms with Gasteiger partial charge >= 0.3 is 5.97 Å². The molecular weight excluding hydrogens is 154 g/mol. The first-order valence-electron chi connectivity index (χ1n) is 4.30. The summed E-state index contributed by atoms with van der Waals surface area (Å²) in [6.45, 7) is 9.50. The van der Waals surface area contributed by atoms with Crippen molar-refractivity contribution in [2.75, 3.05) is 0 Å². The van der Waals surface area contributed by atoms with Crippen LogP contribution in [0.3, 0.4) is 0 Å². The van der Waals surface area contributed by atoms with Crippen LogP contribution in [-0.4, -0.2) is 17.6 Å². The summed E-state index contributed by atoms with van der Waals surface area (Å²) in [6.07, 6.45) is 0. The molecule has 0 aromatic rings. The van der Waals surface area contributed by atoms with Gasteiger partial charge in [0.05, 0.1) is 0 Å². The second-order valence-corrected chi connectivity index (χ2v) is 4.38. The van der Waals surface area contributed by atoms with Crippen molar-refractivity contribution in [3.8, 4) is 0 Å². The molecule has 0 aliphatic heterocycles. The second kappa shape index (κ2) is 3.90. The van der Waals surface area contributed by atoms with E-state index in [2.05, 4.69) is 5.73 Å². The lowest BCUT2D eigenvalue weighted by atomic mass is 10.1. The van der Waals surface area contributed by atoms with Gasteiger partial charge in [0, 0.05) is 5.92 Å². The summed E-state index contributed by atoms with van der Waals surface area (Å²) in [6, 6.07) is -0.260. The molecule has 0 fully saturated rings. The molecule has 0 unspecified atom stereocenters. The maximum atomic E-state index is 11.3. The van der Waals surface area contributed by atoms with Crippen LogP contribution in [0.1, 0.15) is 34.6 Å². The van der Waals surface area contributed by atoms with Gasteiger partial charge < -0.3 is 10.5 Å². The van der Waals surface area contributed by atoms with Gasteiger partial charge in [-0.05, 0) is 20.8 Å². The van der Waals surface area contributed by atoms with Crippen molar-refractivity contribution in [1.29, 1.82) is 0 Å². The van der Waals surface area contributed by atoms with Crippen molar-refractivity contribution < 1.29 is 15.3 Å². The minimum atomic E-state index is -0.401. The number of carbonyl (C=O) groups is 1. The molecule has 72 valence electrons. The molecule has 1 atom stereocenters. The number of ether oxygens (including phenoxy) is 1. The van der Waals surface area contributed by atoms with Crippen LogP contribution in [0.4, 0.5) is 0 Å². The fourth-order valence-corrected chi connectivity index (χ4v) is 0.650. The third-order valence-electron chi connectivity index (χ3n) is 1.51. The average molecular weight is 174 g/mol. The molecule has 0 aliphatic rings. The van der Waals surface area contributed by atoms with Crippen LogP contribution in [-0.2, 0) is 9.53 Å². The molecule has 0 saturated carbocycles. The molecule has 0 bridgehead atoms. The van der Waals surface area contributed by atoms with Crippen molar-refractivity contribution in [1.82, 2.24) is 0 Å². The lowest BCUT2D eigenvalue weighted by Crippen LogP contribution is -2.68. The zero-order chi connectivity index (χ0) is 9.94. The molecule has 0 rings (SSSR count). The van der Waals surface area contributed by atoms with Crippen LogP contribution >= 0.6 is 0 Å². The Bertz CT molecular complexity index is 158. The third-order valence-corrected chi connectivity index (χ3v) is 1.51. The van der Waals surface area contributed by atoms with Gasteiger partial charge in [0.2, 0.25) is 0 Å². The van der Waals surface area contributed by atoms with Gasteiger partial charge in [-0.1, -0.05) is 13.8 Å². The highest BCUT2D eigenvalue weighted by Crippen LogP contribution is 2.09. The number of rotatable bonds is 2. The summed E-state index contributed by atoms with van der Waals surface area (Å²) < 4.78 is 5.16. The Hall–Kier alpha value is -0.570. The van der Waals surface area contributed by atoms with Crippen LogP contribution in [0.5, 0.6) is 0 Å². The molecule has 0 aromatic carbocycles. The summed E-state index contributed by atoms with van der Waals surface area (Å²) in [4.78, 5) is 11.3. The molecule has 0 amide bonds. The smallest absolute Gasteiger partial charge is 0.365 e. The Morgan fingerprint density at radius 1 is 1.33 bits per heavy atom. The van der Waals surface area contributed by atoms with Gasteiger partial charge in [0.25, 0.3) is 0 Å². The first kappa shape index (κ1) is 11.4. The fraction of sp³-hybridized carbons (Fsp3) is 0.889. The summed E-state index contributed by atoms with van der Waals surface area (Å²) in [5.41, 5.74) is 3.35. The average Bonchev–Trinajstić information content (AvgIpc) is 1.82. The highest BCUT2D eigenvalue weighted by molar-refractivity contribution is 5.74. The topological polar surface area (TPSA) is 53.9 Å². The lowest BCUT2D eigenvalue weighted by Gasteiger charge is -2.21. The van der Waals surface area contributed by atoms with Gasteiger partial charge in [0.15, 0.2) is 6.04 Å². The van der Waals surface area contributed by atoms with Crippen molar-refractivity contribution in [3.05, 3.63) is 0 Å². The number of carbonyl (C=O) groups excluding carboxylic acids is 1. The van der Waals surface area contributed by atoms with Gasteiger partial charge in [-0.2, -0.15) is 0 Å². The van der Waals surface area contributed by atoms with E-state index in [-0.39, 0.29) is 17.9 Å². The van der Waals surface area contributed by atoms with E-state index in [0.717, 1.165) is 0 Å². The normalized spacial score (nSPS) is 14.6. The monoisotopic (exact) mass is 174 g/mol. The van der Waals surface area contributed by atoms with E-state index in [4.69, 9.17) is 4.74 Å². The molecule has 0 aliphatic carbocycles. The number of quaternary nitrogens is 1. The SMILES string of the molecule is CC(C)[C@H]([NH3+])C(=O)OC(C)(C)C. The first-order valence-corrected chi connectivity index (χ1v) is 4.30. The van der Waals surface area contributed by atoms with Crippen LogP contribution in [0.15, 0.2) is 0 Å². The molecular formula is C9H20NO2+. The van der Waals surface area contributed by atoms with Crippen molar-refractivity contribution in [3.63, 3.8) is 0 Å². The van der Waals surface area contributed by atoms with E-state index < -0.39 is 5.60 Å². The number of hydrogen-bond donors (Lipinski definition) is 1. The lowest BCUT2D eigenvalue weighted by molar-refractivity contribution is -0.419. The minimum Gasteiger partial charge on any atom is -0.456 e. The predicted octanol–water partition coefficient (Wildman–Crippen LogP) is 0.595. The fourth-order valence-electron chi connectivity index (χ4n) is 0.650. The summed E-state index contributed by atoms with van der Waals surface area (Å²) in [5, 5.41) is 0. The largest absolute Gasteiger partial charge is 0.456 e. The molecule has 3 heteroatoms. The predicted molar refractivity (Wildman–Crippen MR) is 47.4 cm³/mol. The Labute approximate surface area is 74.3 Å². The van der Waals surface area contributed by atoms with Crippen molar-refractivity contribution in [2.24, 2.45) is 5.92 Å². The number of hydrogen-bond acceptors (Lipinski definition) is 2. The van der Waals surface area contributed by atoms with Gasteiger partial charge in [-0.15, -0.1) is 0 Å². The van der Waals surface area contributed by atoms with E-state index in [1.54, 1.807) is 0 Å². The Morgan fingerprint density at radius 2 is 1.75 bits per heavy atom. The van der Waals surface area contributed by atoms with Gasteiger partial charge in [0.1, 0.15) is 5.60 Å². The van der Waals surface area contributed by atoms with Gasteiger partial charge in [-0.25, -0.2) is 4.79 Å². The van der Waals surface area contributed by atoms with Crippen LogP contribution in [0, 0.1) is 5.92 Å². The Morgan fingerprint density at radius 3 is 2.00 bits per heavy atom. The molecule has 12 heavy (non-hydrogen) atoms. The Balaban J connectivity index is 4.05. The standard InChI is InChI=1S/C9H19NO2/c1-6(2)7(10)8(11)12-9(3,4)5/h6-7H,10H2,1-5H3/p+1/t7-/m0/s1. The first-order chi connectivity index (χ1) is 5.24. The van der Waals surface area contributed by atoms with Crippen LogP contribution < -0.4 is 5.73 Å². The third kappa shape index (κ3) is 4.34. The molecule has 0 heterocycles. The zero-order valence-electron chi connectivity index (χ0n) is 8.68.